The Kier molecular flexibility index (Phi) is 4.52. The lowest BCUT2D eigenvalue weighted by molar-refractivity contribution is 0.148. The summed E-state index contributed by atoms with van der Waals surface area (Å²) in [4.78, 5) is 13.2. The van der Waals surface area contributed by atoms with Crippen LogP contribution in [-0.2, 0) is 0 Å². The van der Waals surface area contributed by atoms with Crippen LogP contribution in [0.15, 0.2) is 12.7 Å². The molecule has 0 aromatic carbocycles. The summed E-state index contributed by atoms with van der Waals surface area (Å²) >= 11 is 0. The van der Waals surface area contributed by atoms with Crippen LogP contribution < -0.4 is 5.32 Å². The highest BCUT2D eigenvalue weighted by atomic mass is 16.2. The van der Waals surface area contributed by atoms with Gasteiger partial charge in [0.25, 0.3) is 0 Å². The van der Waals surface area contributed by atoms with Crippen molar-refractivity contribution in [3.63, 3.8) is 0 Å². The molecule has 3 heteroatoms. The first-order valence-corrected chi connectivity index (χ1v) is 4.53. The minimum Gasteiger partial charge on any atom is -0.341 e. The topological polar surface area (TPSA) is 32.3 Å². The molecule has 76 valence electrons. The number of carbonyl (C=O) groups is 1. The van der Waals surface area contributed by atoms with Crippen LogP contribution in [0, 0.1) is 0 Å². The van der Waals surface area contributed by atoms with E-state index < -0.39 is 0 Å². The molecule has 3 nitrogen and oxygen atoms in total. The van der Waals surface area contributed by atoms with Crippen LogP contribution in [0.1, 0.15) is 27.2 Å². The molecule has 0 saturated carbocycles. The number of carbonyl (C=O) groups excluding carboxylic acids is 1. The van der Waals surface area contributed by atoms with Crippen molar-refractivity contribution in [2.45, 2.75) is 32.7 Å². The number of hydrogen-bond donors (Lipinski definition) is 1. The van der Waals surface area contributed by atoms with Crippen LogP contribution in [0.4, 0.5) is 4.79 Å². The first-order valence-electron chi connectivity index (χ1n) is 4.53. The molecule has 0 heterocycles. The van der Waals surface area contributed by atoms with Gasteiger partial charge in [0.1, 0.15) is 0 Å². The molecule has 0 spiro atoms. The predicted octanol–water partition coefficient (Wildman–Crippen LogP) is 2.00. The summed E-state index contributed by atoms with van der Waals surface area (Å²) in [5.74, 6) is 0. The van der Waals surface area contributed by atoms with Gasteiger partial charge in [-0.1, -0.05) is 6.08 Å². The van der Waals surface area contributed by atoms with Gasteiger partial charge in [-0.15, -0.1) is 6.58 Å². The van der Waals surface area contributed by atoms with Gasteiger partial charge in [-0.05, 0) is 27.2 Å². The second kappa shape index (κ2) is 4.90. The molecule has 0 rings (SSSR count). The van der Waals surface area contributed by atoms with Gasteiger partial charge in [-0.3, -0.25) is 0 Å². The van der Waals surface area contributed by atoms with Crippen molar-refractivity contribution in [2.24, 2.45) is 0 Å². The Bertz CT molecular complexity index is 182. The van der Waals surface area contributed by atoms with E-state index in [2.05, 4.69) is 11.9 Å². The van der Waals surface area contributed by atoms with E-state index in [1.807, 2.05) is 26.8 Å². The lowest BCUT2D eigenvalue weighted by Gasteiger charge is -2.35. The summed E-state index contributed by atoms with van der Waals surface area (Å²) in [5, 5.41) is 2.63. The highest BCUT2D eigenvalue weighted by Crippen LogP contribution is 2.13. The molecule has 0 aliphatic carbocycles. The van der Waals surface area contributed by atoms with Crippen molar-refractivity contribution in [3.8, 4) is 0 Å². The van der Waals surface area contributed by atoms with Crippen molar-refractivity contribution in [1.82, 2.24) is 10.2 Å². The van der Waals surface area contributed by atoms with E-state index in [4.69, 9.17) is 0 Å². The highest BCUT2D eigenvalue weighted by Gasteiger charge is 2.24. The first-order chi connectivity index (χ1) is 5.93. The van der Waals surface area contributed by atoms with E-state index in [1.54, 1.807) is 11.9 Å². The number of nitrogens with one attached hydrogen (secondary N) is 1. The lowest BCUT2D eigenvalue weighted by Crippen LogP contribution is -2.49. The average molecular weight is 184 g/mol. The van der Waals surface area contributed by atoms with Crippen molar-refractivity contribution in [3.05, 3.63) is 12.7 Å². The predicted molar refractivity (Wildman–Crippen MR) is 55.7 cm³/mol. The highest BCUT2D eigenvalue weighted by molar-refractivity contribution is 5.74. The van der Waals surface area contributed by atoms with Crippen molar-refractivity contribution in [1.29, 1.82) is 0 Å². The molecule has 2 amide bonds. The summed E-state index contributed by atoms with van der Waals surface area (Å²) in [7, 11) is 1.65. The van der Waals surface area contributed by atoms with Gasteiger partial charge in [0.05, 0.1) is 0 Å². The molecule has 1 N–H and O–H groups in total. The van der Waals surface area contributed by atoms with Crippen LogP contribution in [0.25, 0.3) is 0 Å². The molecule has 0 saturated heterocycles. The van der Waals surface area contributed by atoms with Gasteiger partial charge in [0, 0.05) is 19.1 Å². The summed E-state index contributed by atoms with van der Waals surface area (Å²) in [6, 6.07) is -0.0330. The maximum Gasteiger partial charge on any atom is 0.317 e. The maximum absolute atomic E-state index is 11.4. The molecule has 0 aromatic rings. The van der Waals surface area contributed by atoms with E-state index >= 15 is 0 Å². The third kappa shape index (κ3) is 3.97. The Morgan fingerprint density at radius 3 is 2.38 bits per heavy atom. The van der Waals surface area contributed by atoms with Crippen LogP contribution in [-0.4, -0.2) is 30.1 Å². The second-order valence-electron chi connectivity index (χ2n) is 3.95. The number of amides is 2. The van der Waals surface area contributed by atoms with Gasteiger partial charge in [0.2, 0.25) is 0 Å². The Hall–Kier alpha value is -0.990. The molecule has 0 unspecified atom stereocenters. The summed E-state index contributed by atoms with van der Waals surface area (Å²) < 4.78 is 0. The smallest absolute Gasteiger partial charge is 0.317 e. The molecule has 0 bridgehead atoms. The first kappa shape index (κ1) is 12.0. The molecule has 0 fully saturated rings. The maximum atomic E-state index is 11.4. The quantitative estimate of drug-likeness (QED) is 0.668. The third-order valence-corrected chi connectivity index (χ3v) is 1.83. The van der Waals surface area contributed by atoms with Gasteiger partial charge >= 0.3 is 6.03 Å². The molecular formula is C10H20N2O. The number of hydrogen-bond acceptors (Lipinski definition) is 1. The number of rotatable bonds is 3. The Morgan fingerprint density at radius 2 is 2.08 bits per heavy atom. The molecule has 0 aliphatic heterocycles. The molecule has 0 aromatic heterocycles. The third-order valence-electron chi connectivity index (χ3n) is 1.83. The van der Waals surface area contributed by atoms with Gasteiger partial charge in [-0.25, -0.2) is 4.79 Å². The van der Waals surface area contributed by atoms with E-state index in [1.165, 1.54) is 0 Å². The monoisotopic (exact) mass is 184 g/mol. The minimum atomic E-state index is -0.136. The van der Waals surface area contributed by atoms with Gasteiger partial charge in [0.15, 0.2) is 0 Å². The zero-order valence-corrected chi connectivity index (χ0v) is 9.05. The molecule has 0 aliphatic rings. The summed E-state index contributed by atoms with van der Waals surface area (Å²) in [5.41, 5.74) is -0.136. The standard InChI is InChI=1S/C10H20N2O/c1-6-7-8-12(9(13)11-5)10(2,3)4/h6H,1,7-8H2,2-5H3,(H,11,13). The van der Waals surface area contributed by atoms with E-state index in [0.717, 1.165) is 6.42 Å². The zero-order chi connectivity index (χ0) is 10.5. The summed E-state index contributed by atoms with van der Waals surface area (Å²) in [6.45, 7) is 10.4. The molecule has 13 heavy (non-hydrogen) atoms. The fourth-order valence-corrected chi connectivity index (χ4v) is 1.10. The van der Waals surface area contributed by atoms with Crippen LogP contribution >= 0.6 is 0 Å². The normalized spacial score (nSPS) is 10.8. The Morgan fingerprint density at radius 1 is 1.54 bits per heavy atom. The SMILES string of the molecule is C=CCCN(C(=O)NC)C(C)(C)C. The van der Waals surface area contributed by atoms with E-state index in [0.29, 0.717) is 6.54 Å². The fraction of sp³-hybridized carbons (Fsp3) is 0.700. The number of urea groups is 1. The lowest BCUT2D eigenvalue weighted by atomic mass is 10.1. The zero-order valence-electron chi connectivity index (χ0n) is 9.05. The van der Waals surface area contributed by atoms with Crippen molar-refractivity contribution >= 4 is 6.03 Å². The fourth-order valence-electron chi connectivity index (χ4n) is 1.10. The Balaban J connectivity index is 4.36. The van der Waals surface area contributed by atoms with E-state index in [9.17, 15) is 4.79 Å². The van der Waals surface area contributed by atoms with Crippen molar-refractivity contribution < 1.29 is 4.79 Å². The van der Waals surface area contributed by atoms with Crippen LogP contribution in [0.2, 0.25) is 0 Å². The van der Waals surface area contributed by atoms with Gasteiger partial charge in [-0.2, -0.15) is 0 Å². The Labute approximate surface area is 80.8 Å². The van der Waals surface area contributed by atoms with Crippen molar-refractivity contribution in [2.75, 3.05) is 13.6 Å². The molecular weight excluding hydrogens is 164 g/mol. The van der Waals surface area contributed by atoms with Gasteiger partial charge < -0.3 is 10.2 Å². The van der Waals surface area contributed by atoms with Crippen LogP contribution in [0.3, 0.4) is 0 Å². The average Bonchev–Trinajstić information content (AvgIpc) is 2.02. The molecule has 0 radical (unpaired) electrons. The second-order valence-corrected chi connectivity index (χ2v) is 3.95. The minimum absolute atomic E-state index is 0.0330. The molecule has 0 atom stereocenters. The largest absolute Gasteiger partial charge is 0.341 e. The summed E-state index contributed by atoms with van der Waals surface area (Å²) in [6.07, 6.45) is 2.65. The van der Waals surface area contributed by atoms with E-state index in [-0.39, 0.29) is 11.6 Å². The van der Waals surface area contributed by atoms with Crippen LogP contribution in [0.5, 0.6) is 0 Å². The number of nitrogens with zero attached hydrogens (tertiary/aromatic N) is 1.